The van der Waals surface area contributed by atoms with E-state index in [-0.39, 0.29) is 17.6 Å². The Balaban J connectivity index is 1.68. The molecule has 2 aromatic rings. The summed E-state index contributed by atoms with van der Waals surface area (Å²) < 4.78 is 0. The number of hydrogen-bond donors (Lipinski definition) is 2. The van der Waals surface area contributed by atoms with Crippen LogP contribution in [0.2, 0.25) is 0 Å². The van der Waals surface area contributed by atoms with E-state index >= 15 is 0 Å². The smallest absolute Gasteiger partial charge is 0.238 e. The highest BCUT2D eigenvalue weighted by atomic mass is 16.2. The first-order valence-corrected chi connectivity index (χ1v) is 13.3. The largest absolute Gasteiger partial charge is 0.325 e. The van der Waals surface area contributed by atoms with Crippen molar-refractivity contribution in [1.82, 2.24) is 9.80 Å². The molecule has 0 heterocycles. The van der Waals surface area contributed by atoms with Crippen LogP contribution in [0, 0.1) is 0 Å². The number of amides is 2. The standard InChI is InChI=1S/C29H40N4O3/c1-5-13-32(14-6-2)19-27(34)30-21-9-11-23-24-12-10-22(18-26(24)29(36)25(23)17-21)31-28(35)20-33(15-7-3)16-8-4/h9-12,17-18H,5-8,13-16,19-20H2,1-4H3,(H,30,34)(H,31,35). The maximum Gasteiger partial charge on any atom is 0.238 e. The highest BCUT2D eigenvalue weighted by Crippen LogP contribution is 2.39. The molecule has 0 saturated carbocycles. The second kappa shape index (κ2) is 13.3. The van der Waals surface area contributed by atoms with Crippen LogP contribution in [0.15, 0.2) is 36.4 Å². The van der Waals surface area contributed by atoms with E-state index in [4.69, 9.17) is 0 Å². The molecule has 1 aliphatic rings. The van der Waals surface area contributed by atoms with Gasteiger partial charge in [0, 0.05) is 22.5 Å². The molecule has 1 aliphatic carbocycles. The minimum absolute atomic E-state index is 0.0787. The molecule has 0 saturated heterocycles. The molecule has 0 unspecified atom stereocenters. The van der Waals surface area contributed by atoms with Crippen molar-refractivity contribution in [2.45, 2.75) is 53.4 Å². The summed E-state index contributed by atoms with van der Waals surface area (Å²) in [7, 11) is 0. The van der Waals surface area contributed by atoms with Gasteiger partial charge >= 0.3 is 0 Å². The fraction of sp³-hybridized carbons (Fsp3) is 0.483. The minimum atomic E-state index is -0.0932. The number of benzene rings is 2. The first kappa shape index (κ1) is 27.6. The van der Waals surface area contributed by atoms with Gasteiger partial charge in [0.05, 0.1) is 13.1 Å². The molecule has 3 rings (SSSR count). The van der Waals surface area contributed by atoms with E-state index in [0.717, 1.165) is 63.0 Å². The number of hydrogen-bond acceptors (Lipinski definition) is 5. The normalized spacial score (nSPS) is 12.1. The van der Waals surface area contributed by atoms with E-state index in [9.17, 15) is 14.4 Å². The number of ketones is 1. The lowest BCUT2D eigenvalue weighted by atomic mass is 10.0. The number of rotatable bonds is 14. The summed E-state index contributed by atoms with van der Waals surface area (Å²) in [5.41, 5.74) is 4.08. The van der Waals surface area contributed by atoms with Crippen molar-refractivity contribution >= 4 is 29.0 Å². The van der Waals surface area contributed by atoms with Crippen molar-refractivity contribution in [2.24, 2.45) is 0 Å². The van der Waals surface area contributed by atoms with Crippen LogP contribution in [0.25, 0.3) is 11.1 Å². The molecule has 0 atom stereocenters. The fourth-order valence-electron chi connectivity index (χ4n) is 4.85. The van der Waals surface area contributed by atoms with Gasteiger partial charge in [0.2, 0.25) is 11.8 Å². The van der Waals surface area contributed by atoms with Gasteiger partial charge in [-0.3, -0.25) is 24.2 Å². The van der Waals surface area contributed by atoms with Gasteiger partial charge in [0.1, 0.15) is 0 Å². The Morgan fingerprint density at radius 3 is 1.31 bits per heavy atom. The van der Waals surface area contributed by atoms with Crippen LogP contribution >= 0.6 is 0 Å². The Labute approximate surface area is 215 Å². The highest BCUT2D eigenvalue weighted by molar-refractivity contribution is 6.22. The van der Waals surface area contributed by atoms with Gasteiger partial charge in [0.15, 0.2) is 5.78 Å². The summed E-state index contributed by atoms with van der Waals surface area (Å²) in [4.78, 5) is 42.7. The van der Waals surface area contributed by atoms with E-state index in [1.165, 1.54) is 0 Å². The third kappa shape index (κ3) is 7.02. The van der Waals surface area contributed by atoms with Crippen LogP contribution in [0.4, 0.5) is 11.4 Å². The number of anilines is 2. The Bertz CT molecular complexity index is 987. The van der Waals surface area contributed by atoms with E-state index in [1.54, 1.807) is 12.1 Å². The third-order valence-corrected chi connectivity index (χ3v) is 6.28. The quantitative estimate of drug-likeness (QED) is 0.330. The summed E-state index contributed by atoms with van der Waals surface area (Å²) in [6, 6.07) is 11.0. The van der Waals surface area contributed by atoms with E-state index in [1.807, 2.05) is 24.3 Å². The van der Waals surface area contributed by atoms with Crippen LogP contribution in [0.3, 0.4) is 0 Å². The first-order chi connectivity index (χ1) is 17.4. The van der Waals surface area contributed by atoms with Crippen LogP contribution in [0.1, 0.15) is 69.3 Å². The Morgan fingerprint density at radius 2 is 0.972 bits per heavy atom. The fourth-order valence-corrected chi connectivity index (χ4v) is 4.85. The average Bonchev–Trinajstić information content (AvgIpc) is 3.10. The SMILES string of the molecule is CCCN(CCC)CC(=O)Nc1ccc2c(c1)C(=O)c1cc(NC(=O)CN(CCC)CCC)ccc1-2. The summed E-state index contributed by atoms with van der Waals surface area (Å²) in [6.07, 6.45) is 3.99. The molecule has 0 aliphatic heterocycles. The topological polar surface area (TPSA) is 81.8 Å². The molecule has 0 bridgehead atoms. The van der Waals surface area contributed by atoms with E-state index < -0.39 is 0 Å². The van der Waals surface area contributed by atoms with Crippen LogP contribution in [-0.2, 0) is 9.59 Å². The molecular weight excluding hydrogens is 452 g/mol. The van der Waals surface area contributed by atoms with Crippen LogP contribution in [0.5, 0.6) is 0 Å². The zero-order valence-corrected chi connectivity index (χ0v) is 22.2. The maximum absolute atomic E-state index is 13.2. The van der Waals surface area contributed by atoms with Gasteiger partial charge in [0.25, 0.3) is 0 Å². The molecule has 2 amide bonds. The molecule has 2 N–H and O–H groups in total. The minimum Gasteiger partial charge on any atom is -0.325 e. The predicted octanol–water partition coefficient (Wildman–Crippen LogP) is 5.02. The molecule has 36 heavy (non-hydrogen) atoms. The van der Waals surface area contributed by atoms with Crippen molar-refractivity contribution in [2.75, 3.05) is 49.9 Å². The lowest BCUT2D eigenvalue weighted by molar-refractivity contribution is -0.118. The lowest BCUT2D eigenvalue weighted by Crippen LogP contribution is -2.34. The van der Waals surface area contributed by atoms with Crippen molar-refractivity contribution in [3.05, 3.63) is 47.5 Å². The van der Waals surface area contributed by atoms with E-state index in [2.05, 4.69) is 48.1 Å². The van der Waals surface area contributed by atoms with Gasteiger partial charge in [-0.25, -0.2) is 0 Å². The van der Waals surface area contributed by atoms with Crippen molar-refractivity contribution < 1.29 is 14.4 Å². The second-order valence-electron chi connectivity index (χ2n) is 9.50. The molecule has 7 heteroatoms. The number of carbonyl (C=O) groups excluding carboxylic acids is 3. The maximum atomic E-state index is 13.2. The first-order valence-electron chi connectivity index (χ1n) is 13.3. The number of carbonyl (C=O) groups is 3. The zero-order chi connectivity index (χ0) is 26.1. The summed E-state index contributed by atoms with van der Waals surface area (Å²) >= 11 is 0. The van der Waals surface area contributed by atoms with Crippen molar-refractivity contribution in [3.8, 4) is 11.1 Å². The predicted molar refractivity (Wildman–Crippen MR) is 147 cm³/mol. The van der Waals surface area contributed by atoms with Crippen LogP contribution < -0.4 is 10.6 Å². The molecule has 0 fully saturated rings. The van der Waals surface area contributed by atoms with Crippen molar-refractivity contribution in [1.29, 1.82) is 0 Å². The Kier molecular flexibility index (Phi) is 10.2. The third-order valence-electron chi connectivity index (χ3n) is 6.28. The summed E-state index contributed by atoms with van der Waals surface area (Å²) in [5, 5.41) is 5.90. The molecule has 194 valence electrons. The van der Waals surface area contributed by atoms with Gasteiger partial charge in [-0.05, 0) is 87.3 Å². The highest BCUT2D eigenvalue weighted by Gasteiger charge is 2.27. The van der Waals surface area contributed by atoms with Gasteiger partial charge < -0.3 is 10.6 Å². The summed E-state index contributed by atoms with van der Waals surface area (Å²) in [5.74, 6) is -0.251. The number of nitrogens with one attached hydrogen (secondary N) is 2. The number of fused-ring (bicyclic) bond motifs is 3. The monoisotopic (exact) mass is 492 g/mol. The molecule has 0 spiro atoms. The number of nitrogens with zero attached hydrogens (tertiary/aromatic N) is 2. The molecular formula is C29H40N4O3. The van der Waals surface area contributed by atoms with Gasteiger partial charge in [-0.2, -0.15) is 0 Å². The van der Waals surface area contributed by atoms with Crippen molar-refractivity contribution in [3.63, 3.8) is 0 Å². The Hall–Kier alpha value is -3.03. The lowest BCUT2D eigenvalue weighted by Gasteiger charge is -2.20. The second-order valence-corrected chi connectivity index (χ2v) is 9.50. The Morgan fingerprint density at radius 1 is 0.611 bits per heavy atom. The molecule has 7 nitrogen and oxygen atoms in total. The van der Waals surface area contributed by atoms with Crippen LogP contribution in [-0.4, -0.2) is 66.7 Å². The molecule has 2 aromatic carbocycles. The van der Waals surface area contributed by atoms with E-state index in [0.29, 0.717) is 35.6 Å². The summed E-state index contributed by atoms with van der Waals surface area (Å²) in [6.45, 7) is 12.6. The molecule has 0 radical (unpaired) electrons. The zero-order valence-electron chi connectivity index (χ0n) is 22.2. The van der Waals surface area contributed by atoms with Gasteiger partial charge in [-0.1, -0.05) is 39.8 Å². The molecule has 0 aromatic heterocycles. The van der Waals surface area contributed by atoms with Gasteiger partial charge in [-0.15, -0.1) is 0 Å². The average molecular weight is 493 g/mol.